The van der Waals surface area contributed by atoms with E-state index < -0.39 is 5.91 Å². The smallest absolute Gasteiger partial charge is 0.254 e. The van der Waals surface area contributed by atoms with E-state index in [0.29, 0.717) is 22.5 Å². The molecule has 9 heteroatoms. The molecule has 0 atom stereocenters. The average molecular weight is 414 g/mol. The lowest BCUT2D eigenvalue weighted by atomic mass is 10.1. The van der Waals surface area contributed by atoms with Gasteiger partial charge in [-0.15, -0.1) is 0 Å². The molecule has 9 nitrogen and oxygen atoms in total. The van der Waals surface area contributed by atoms with E-state index in [4.69, 9.17) is 0 Å². The number of likely N-dealkylation sites (N-methyl/N-ethyl adjacent to an activating group) is 1. The molecule has 2 aromatic rings. The molecule has 0 spiro atoms. The second-order valence-corrected chi connectivity index (χ2v) is 6.75. The van der Waals surface area contributed by atoms with Crippen LogP contribution in [0.1, 0.15) is 27.6 Å². The van der Waals surface area contributed by atoms with Crippen molar-refractivity contribution < 1.29 is 24.7 Å². The first kappa shape index (κ1) is 24.3. The lowest BCUT2D eigenvalue weighted by Crippen LogP contribution is -2.35. The maximum atomic E-state index is 12.6. The minimum absolute atomic E-state index is 0. The van der Waals surface area contributed by atoms with Crippen molar-refractivity contribution in [1.82, 2.24) is 9.80 Å². The number of anilines is 2. The fraction of sp³-hybridized carbons (Fsp3) is 0.238. The van der Waals surface area contributed by atoms with Crippen LogP contribution in [-0.2, 0) is 9.59 Å². The van der Waals surface area contributed by atoms with Crippen molar-refractivity contribution in [2.45, 2.75) is 6.92 Å². The normalized spacial score (nSPS) is 9.73. The van der Waals surface area contributed by atoms with Gasteiger partial charge in [-0.3, -0.25) is 19.2 Å². The van der Waals surface area contributed by atoms with Gasteiger partial charge in [0.25, 0.3) is 11.8 Å². The van der Waals surface area contributed by atoms with Crippen LogP contribution in [0, 0.1) is 0 Å². The zero-order valence-corrected chi connectivity index (χ0v) is 17.4. The SMILES string of the molecule is CC(=O)Nc1cccc(C(=O)N(C)CC(=O)Nc2cccc(C(=O)N(C)C)c2)c1.O. The van der Waals surface area contributed by atoms with Crippen LogP contribution in [-0.4, -0.2) is 66.6 Å². The highest BCUT2D eigenvalue weighted by Gasteiger charge is 2.16. The second kappa shape index (κ2) is 10.7. The van der Waals surface area contributed by atoms with Crippen molar-refractivity contribution in [1.29, 1.82) is 0 Å². The maximum Gasteiger partial charge on any atom is 0.254 e. The van der Waals surface area contributed by atoms with Crippen molar-refractivity contribution in [3.8, 4) is 0 Å². The van der Waals surface area contributed by atoms with Crippen LogP contribution < -0.4 is 10.6 Å². The molecule has 0 aliphatic carbocycles. The van der Waals surface area contributed by atoms with E-state index in [0.717, 1.165) is 0 Å². The molecular formula is C21H26N4O5. The topological polar surface area (TPSA) is 130 Å². The zero-order valence-electron chi connectivity index (χ0n) is 17.4. The van der Waals surface area contributed by atoms with Crippen molar-refractivity contribution >= 4 is 35.0 Å². The van der Waals surface area contributed by atoms with Gasteiger partial charge in [0.15, 0.2) is 0 Å². The van der Waals surface area contributed by atoms with Gasteiger partial charge in [0.1, 0.15) is 0 Å². The van der Waals surface area contributed by atoms with Crippen molar-refractivity contribution in [3.63, 3.8) is 0 Å². The highest BCUT2D eigenvalue weighted by atomic mass is 16.2. The van der Waals surface area contributed by atoms with Gasteiger partial charge in [-0.1, -0.05) is 12.1 Å². The number of amides is 4. The Morgan fingerprint density at radius 3 is 1.80 bits per heavy atom. The summed E-state index contributed by atoms with van der Waals surface area (Å²) in [5.74, 6) is -1.16. The number of benzene rings is 2. The fourth-order valence-corrected chi connectivity index (χ4v) is 2.63. The van der Waals surface area contributed by atoms with Gasteiger partial charge >= 0.3 is 0 Å². The Morgan fingerprint density at radius 1 is 0.800 bits per heavy atom. The molecule has 0 radical (unpaired) electrons. The van der Waals surface area contributed by atoms with E-state index in [-0.39, 0.29) is 29.7 Å². The molecule has 0 saturated carbocycles. The van der Waals surface area contributed by atoms with Gasteiger partial charge in [-0.2, -0.15) is 0 Å². The van der Waals surface area contributed by atoms with Gasteiger partial charge in [0.05, 0.1) is 6.54 Å². The van der Waals surface area contributed by atoms with E-state index in [1.54, 1.807) is 62.6 Å². The third-order valence-corrected chi connectivity index (χ3v) is 3.96. The van der Waals surface area contributed by atoms with E-state index in [2.05, 4.69) is 10.6 Å². The molecule has 0 saturated heterocycles. The lowest BCUT2D eigenvalue weighted by molar-refractivity contribution is -0.116. The van der Waals surface area contributed by atoms with Gasteiger partial charge in [-0.05, 0) is 36.4 Å². The summed E-state index contributed by atoms with van der Waals surface area (Å²) in [4.78, 5) is 50.8. The summed E-state index contributed by atoms with van der Waals surface area (Å²) in [5.41, 5.74) is 1.77. The first-order valence-corrected chi connectivity index (χ1v) is 8.92. The molecule has 0 bridgehead atoms. The number of nitrogens with zero attached hydrogens (tertiary/aromatic N) is 2. The van der Waals surface area contributed by atoms with Crippen LogP contribution in [0.2, 0.25) is 0 Å². The molecule has 160 valence electrons. The van der Waals surface area contributed by atoms with E-state index in [9.17, 15) is 19.2 Å². The number of rotatable bonds is 6. The monoisotopic (exact) mass is 414 g/mol. The van der Waals surface area contributed by atoms with Gasteiger partial charge in [0.2, 0.25) is 11.8 Å². The van der Waals surface area contributed by atoms with Crippen LogP contribution in [0.5, 0.6) is 0 Å². The van der Waals surface area contributed by atoms with Crippen LogP contribution in [0.25, 0.3) is 0 Å². The summed E-state index contributed by atoms with van der Waals surface area (Å²) >= 11 is 0. The predicted octanol–water partition coefficient (Wildman–Crippen LogP) is 1.23. The van der Waals surface area contributed by atoms with Crippen LogP contribution in [0.15, 0.2) is 48.5 Å². The minimum atomic E-state index is -0.395. The lowest BCUT2D eigenvalue weighted by Gasteiger charge is -2.18. The Bertz CT molecular complexity index is 942. The molecule has 2 aromatic carbocycles. The van der Waals surface area contributed by atoms with Gasteiger partial charge < -0.3 is 25.9 Å². The van der Waals surface area contributed by atoms with Crippen molar-refractivity contribution in [3.05, 3.63) is 59.7 Å². The molecule has 0 unspecified atom stereocenters. The molecule has 0 aromatic heterocycles. The van der Waals surface area contributed by atoms with Crippen molar-refractivity contribution in [2.24, 2.45) is 0 Å². The molecule has 0 heterocycles. The number of nitrogens with one attached hydrogen (secondary N) is 2. The molecule has 0 fully saturated rings. The highest BCUT2D eigenvalue weighted by molar-refractivity contribution is 6.01. The molecule has 2 rings (SSSR count). The number of carbonyl (C=O) groups excluding carboxylic acids is 4. The molecule has 4 amide bonds. The van der Waals surface area contributed by atoms with Crippen LogP contribution in [0.4, 0.5) is 11.4 Å². The summed E-state index contributed by atoms with van der Waals surface area (Å²) in [5, 5.41) is 5.31. The molecule has 4 N–H and O–H groups in total. The third kappa shape index (κ3) is 6.71. The Morgan fingerprint density at radius 2 is 1.30 bits per heavy atom. The molecule has 0 aliphatic heterocycles. The maximum absolute atomic E-state index is 12.6. The quantitative estimate of drug-likeness (QED) is 0.736. The Labute approximate surface area is 175 Å². The number of carbonyl (C=O) groups is 4. The Balaban J connectivity index is 0.00000450. The molecule has 0 aliphatic rings. The van der Waals surface area contributed by atoms with Crippen LogP contribution in [0.3, 0.4) is 0 Å². The van der Waals surface area contributed by atoms with E-state index >= 15 is 0 Å². The highest BCUT2D eigenvalue weighted by Crippen LogP contribution is 2.14. The van der Waals surface area contributed by atoms with E-state index in [1.807, 2.05) is 0 Å². The largest absolute Gasteiger partial charge is 0.412 e. The fourth-order valence-electron chi connectivity index (χ4n) is 2.63. The van der Waals surface area contributed by atoms with Crippen LogP contribution >= 0.6 is 0 Å². The molecular weight excluding hydrogens is 388 g/mol. The van der Waals surface area contributed by atoms with Gasteiger partial charge in [0, 0.05) is 50.6 Å². The second-order valence-electron chi connectivity index (χ2n) is 6.75. The average Bonchev–Trinajstić information content (AvgIpc) is 2.66. The first-order chi connectivity index (χ1) is 13.7. The summed E-state index contributed by atoms with van der Waals surface area (Å²) in [6.07, 6.45) is 0. The predicted molar refractivity (Wildman–Crippen MR) is 114 cm³/mol. The number of hydrogen-bond acceptors (Lipinski definition) is 4. The standard InChI is InChI=1S/C21H24N4O4.H2O/c1-14(26)22-17-9-6-8-16(12-17)21(29)25(4)13-19(27)23-18-10-5-7-15(11-18)20(28)24(2)3;/h5-12H,13H2,1-4H3,(H,22,26)(H,23,27);1H2. The Hall–Kier alpha value is -3.72. The summed E-state index contributed by atoms with van der Waals surface area (Å²) < 4.78 is 0. The third-order valence-electron chi connectivity index (χ3n) is 3.96. The summed E-state index contributed by atoms with van der Waals surface area (Å²) in [6.45, 7) is 1.21. The van der Waals surface area contributed by atoms with E-state index in [1.165, 1.54) is 23.8 Å². The Kier molecular flexibility index (Phi) is 8.69. The minimum Gasteiger partial charge on any atom is -0.412 e. The summed E-state index contributed by atoms with van der Waals surface area (Å²) in [6, 6.07) is 13.1. The number of hydrogen-bond donors (Lipinski definition) is 2. The zero-order chi connectivity index (χ0) is 21.6. The molecule has 30 heavy (non-hydrogen) atoms. The van der Waals surface area contributed by atoms with Crippen molar-refractivity contribution in [2.75, 3.05) is 38.3 Å². The first-order valence-electron chi connectivity index (χ1n) is 8.92. The van der Waals surface area contributed by atoms with Gasteiger partial charge in [-0.25, -0.2) is 0 Å². The summed E-state index contributed by atoms with van der Waals surface area (Å²) in [7, 11) is 4.81.